The number of esters is 1. The summed E-state index contributed by atoms with van der Waals surface area (Å²) in [6.07, 6.45) is 9.70. The minimum absolute atomic E-state index is 0. The number of amides is 7. The molecule has 0 saturated carbocycles. The Kier molecular flexibility index (Phi) is 40.1. The van der Waals surface area contributed by atoms with Crippen molar-refractivity contribution in [2.24, 2.45) is 11.5 Å². The summed E-state index contributed by atoms with van der Waals surface area (Å²) in [7, 11) is 8.89. The van der Waals surface area contributed by atoms with E-state index in [0.717, 1.165) is 16.8 Å². The average Bonchev–Trinajstić information content (AvgIpc) is 1.64. The summed E-state index contributed by atoms with van der Waals surface area (Å²) in [5, 5.41) is 100. The molecule has 16 aromatic rings. The van der Waals surface area contributed by atoms with Crippen molar-refractivity contribution < 1.29 is 77.3 Å². The minimum Gasteiger partial charge on any atom is -0.870 e. The number of H-pyrrole nitrogens is 1. The van der Waals surface area contributed by atoms with E-state index < -0.39 is 47.4 Å². The van der Waals surface area contributed by atoms with Gasteiger partial charge in [0.15, 0.2) is 63.4 Å². The summed E-state index contributed by atoms with van der Waals surface area (Å²) in [6.45, 7) is 8.97. The molecule has 47 nitrogen and oxygen atoms in total. The molecule has 0 aliphatic rings. The van der Waals surface area contributed by atoms with Crippen LogP contribution in [0.3, 0.4) is 0 Å². The van der Waals surface area contributed by atoms with Crippen LogP contribution in [0, 0.1) is 34.6 Å². The molecule has 740 valence electrons. The van der Waals surface area contributed by atoms with Crippen LogP contribution in [0.1, 0.15) is 129 Å². The normalized spacial score (nSPS) is 10.0. The monoisotopic (exact) mass is 1970 g/mol. The Morgan fingerprint density at radius 1 is 0.295 bits per heavy atom. The molecule has 0 atom stereocenters. The number of hydrogen-bond acceptors (Lipinski definition) is 38. The fourth-order valence-electron chi connectivity index (χ4n) is 13.3. The molecule has 0 aliphatic heterocycles. The van der Waals surface area contributed by atoms with Gasteiger partial charge in [-0.15, -0.1) is 51.0 Å². The van der Waals surface area contributed by atoms with E-state index in [-0.39, 0.29) is 71.7 Å². The number of primary amides is 2. The van der Waals surface area contributed by atoms with Crippen LogP contribution in [0.5, 0.6) is 0 Å². The average molecular weight is 1970 g/mol. The van der Waals surface area contributed by atoms with Gasteiger partial charge < -0.3 is 107 Å². The first-order valence-electron chi connectivity index (χ1n) is 43.2. The van der Waals surface area contributed by atoms with Gasteiger partial charge in [-0.1, -0.05) is 74.2 Å². The molecule has 11 aromatic heterocycles. The number of aromatic carboxylic acids is 1. The predicted octanol–water partition coefficient (Wildman–Crippen LogP) is 10.1. The minimum atomic E-state index is -1.03. The smallest absolute Gasteiger partial charge is 0.870 e. The number of nitrogens with two attached hydrogens (primary N) is 2. The van der Waals surface area contributed by atoms with Crippen molar-refractivity contribution in [3.8, 4) is 11.4 Å². The zero-order valence-corrected chi connectivity index (χ0v) is 79.9. The van der Waals surface area contributed by atoms with Gasteiger partial charge in [-0.05, 0) is 178 Å². The number of aromatic nitrogens is 18. The molecule has 7 amide bonds. The summed E-state index contributed by atoms with van der Waals surface area (Å²) in [5.41, 5.74) is 22.5. The van der Waals surface area contributed by atoms with Crippen LogP contribution in [0.4, 0.5) is 115 Å². The predicted molar refractivity (Wildman–Crippen MR) is 546 cm³/mol. The van der Waals surface area contributed by atoms with Crippen LogP contribution in [-0.2, 0) is 4.74 Å². The number of anilines is 20. The van der Waals surface area contributed by atoms with E-state index in [9.17, 15) is 48.3 Å². The van der Waals surface area contributed by atoms with Gasteiger partial charge in [0.05, 0.1) is 46.7 Å². The second-order valence-corrected chi connectivity index (χ2v) is 29.9. The van der Waals surface area contributed by atoms with Gasteiger partial charge in [-0.3, -0.25) is 38.7 Å². The maximum absolute atomic E-state index is 12.3. The molecular weight excluding hydrogens is 1870 g/mol. The summed E-state index contributed by atoms with van der Waals surface area (Å²) < 4.78 is 4.82. The number of aromatic amines is 1. The Balaban J connectivity index is 0.000000202. The number of carboxylic acid groups (broad SMARTS) is 1. The van der Waals surface area contributed by atoms with Crippen molar-refractivity contribution in [3.63, 3.8) is 0 Å². The molecule has 0 aliphatic carbocycles. The van der Waals surface area contributed by atoms with E-state index in [4.69, 9.17) is 16.2 Å². The molecule has 0 unspecified atom stereocenters. The van der Waals surface area contributed by atoms with Crippen molar-refractivity contribution in [1.82, 2.24) is 118 Å². The molecule has 11 heterocycles. The number of nitrogens with one attached hydrogen (secondary N) is 16. The fourth-order valence-corrected chi connectivity index (χ4v) is 13.3. The molecule has 48 heteroatoms. The molecule has 16 rings (SSSR count). The summed E-state index contributed by atoms with van der Waals surface area (Å²) in [4.78, 5) is 133. The molecule has 146 heavy (non-hydrogen) atoms. The van der Waals surface area contributed by atoms with Gasteiger partial charge in [0, 0.05) is 142 Å². The van der Waals surface area contributed by atoms with Crippen LogP contribution in [0.2, 0.25) is 0 Å². The Morgan fingerprint density at radius 2 is 0.541 bits per heavy atom. The number of carbonyl (C=O) groups is 9. The fraction of sp³-hybridized carbons (Fsp3) is 0.122. The number of benzene rings is 5. The third-order valence-corrected chi connectivity index (χ3v) is 20.6. The van der Waals surface area contributed by atoms with E-state index in [1.165, 1.54) is 47.7 Å². The number of carbonyl (C=O) groups excluding carboxylic acids is 8. The van der Waals surface area contributed by atoms with Crippen molar-refractivity contribution >= 4 is 168 Å². The second-order valence-electron chi connectivity index (χ2n) is 29.9. The largest absolute Gasteiger partial charge is 1.00 e. The summed E-state index contributed by atoms with van der Waals surface area (Å²) in [6, 6.07) is 61.4. The summed E-state index contributed by atoms with van der Waals surface area (Å²) in [5.74, 6) is 1.14. The standard InChI is InChI=1S/C20H19N9O.C20H20N6O3.2C19H19N7O2.C19H18N6O3.CH4.Li.H2O/c1-12-13(19-23-11-24-29-19)6-5-7-14(12)25-15-10-17(26-16-8-3-4-9-22-16)27-28-18(15)20(30)21-2;1-12-13(20(28)29-3)7-6-8-14(12)23-15-11-17(24-16-9-4-5-10-22-16)25-26-18(15)19(27)21-2;2*1-11-12(18(20)27)6-5-7-13(11)23-14-10-16(24-15-8-3-4-9-22-15)25-26-17(14)19(28)21-2;1-11-12(19(27)28)6-5-7-13(11)22-14-10-16(23-15-8-3-4-9-21-15)24-25-17(14)18(26)20-2;;;/h3-11H,1-2H3,(H,21,30)(H,23,24,29)(H2,22,25,26,27);4-11H,1-3H3,(H,21,27)(H2,22,23,24,25);2*3-10H,1-2H3,(H2,20,27)(H,21,28)(H2,22,23,24,25);3-10H,1-2H3,(H,20,26)(H,27,28)(H2,21,22,23,24);1H4;;1H2/q;;;;;;+1;/p-1. The Morgan fingerprint density at radius 3 is 0.774 bits per heavy atom. The molecule has 0 fully saturated rings. The first kappa shape index (κ1) is 110. The molecular formula is C98H100LiN35O12. The number of rotatable bonds is 30. The van der Waals surface area contributed by atoms with E-state index >= 15 is 0 Å². The van der Waals surface area contributed by atoms with Gasteiger partial charge in [0.1, 0.15) is 35.4 Å². The number of hydrogen-bond donors (Lipinski definition) is 19. The summed E-state index contributed by atoms with van der Waals surface area (Å²) >= 11 is 0. The van der Waals surface area contributed by atoms with Gasteiger partial charge in [0.2, 0.25) is 11.8 Å². The zero-order chi connectivity index (χ0) is 102. The quantitative estimate of drug-likeness (QED) is 0.0147. The van der Waals surface area contributed by atoms with E-state index in [2.05, 4.69) is 171 Å². The van der Waals surface area contributed by atoms with Crippen LogP contribution in [-0.4, -0.2) is 197 Å². The van der Waals surface area contributed by atoms with Crippen molar-refractivity contribution in [2.75, 3.05) is 95.5 Å². The Labute approximate surface area is 847 Å². The van der Waals surface area contributed by atoms with Crippen LogP contribution < -0.4 is 110 Å². The molecule has 0 radical (unpaired) electrons. The number of nitrogens with zero attached hydrogens (tertiary/aromatic N) is 17. The topological polar surface area (TPSA) is 680 Å². The number of ether oxygens (including phenoxy) is 1. The molecule has 0 bridgehead atoms. The number of pyridine rings is 5. The van der Waals surface area contributed by atoms with Crippen LogP contribution in [0.15, 0.2) is 250 Å². The molecule has 22 N–H and O–H groups in total. The van der Waals surface area contributed by atoms with Crippen LogP contribution >= 0.6 is 0 Å². The van der Waals surface area contributed by atoms with Gasteiger partial charge in [-0.25, -0.2) is 39.5 Å². The van der Waals surface area contributed by atoms with Gasteiger partial charge in [-0.2, -0.15) is 5.10 Å². The first-order valence-corrected chi connectivity index (χ1v) is 43.2. The Bertz CT molecular complexity index is 6870. The molecule has 0 saturated heterocycles. The van der Waals surface area contributed by atoms with E-state index in [1.807, 2.05) is 67.6 Å². The number of methoxy groups -OCH3 is 1. The molecule has 5 aromatic carbocycles. The Hall–Kier alpha value is -19.8. The zero-order valence-electron chi connectivity index (χ0n) is 79.9. The van der Waals surface area contributed by atoms with Crippen molar-refractivity contribution in [1.29, 1.82) is 0 Å². The van der Waals surface area contributed by atoms with Gasteiger partial charge >= 0.3 is 30.8 Å². The second kappa shape index (κ2) is 53.4. The van der Waals surface area contributed by atoms with Crippen molar-refractivity contribution in [3.05, 3.63) is 328 Å². The van der Waals surface area contributed by atoms with Crippen LogP contribution in [0.25, 0.3) is 11.4 Å². The first-order chi connectivity index (χ1) is 69.2. The number of carboxylic acids is 1. The van der Waals surface area contributed by atoms with E-state index in [1.54, 1.807) is 211 Å². The van der Waals surface area contributed by atoms with E-state index in [0.29, 0.717) is 154 Å². The maximum Gasteiger partial charge on any atom is 1.00 e. The third-order valence-electron chi connectivity index (χ3n) is 20.6. The maximum atomic E-state index is 12.3. The SMILES string of the molecule is C.CNC(=O)c1nnc(Nc2ccccn2)cc1Nc1cccc(-c2ncn[nH]2)c1C.CNC(=O)c1nnc(Nc2ccccn2)cc1Nc1cccc(C(=O)O)c1C.CNC(=O)c1nnc(Nc2ccccn2)cc1Nc1cccc(C(=O)OC)c1C.CNC(=O)c1nnc(Nc2ccccn2)cc1Nc1cccc(C(N)=O)c1C.CNC(=O)c1nnc(Nc2ccccn2)cc1Nc1cccc(C(N)=O)c1C.[Li+].[OH-]. The van der Waals surface area contributed by atoms with Crippen molar-refractivity contribution in [2.45, 2.75) is 42.0 Å². The molecule has 0 spiro atoms. The van der Waals surface area contributed by atoms with Gasteiger partial charge in [0.25, 0.3) is 29.5 Å². The third kappa shape index (κ3) is 29.2.